The second-order valence-corrected chi connectivity index (χ2v) is 6.46. The second-order valence-electron chi connectivity index (χ2n) is 6.46. The molecular weight excluding hydrogens is 383 g/mol. The standard InChI is InChI=1S/C20H22F3N5O/c1-25-10-11(9-24)12-7-14(21)17(8-13(12)20(22)23)27-15-3-2-4-16-19(15)26-6-5-18(29)28-16/h2-4,7-10,18,20,26-29H,5-6,24H2,1H3. The number of fused-ring (bicyclic) bond motifs is 1. The third kappa shape index (κ3) is 4.45. The molecule has 0 aliphatic carbocycles. The Labute approximate surface area is 166 Å². The Morgan fingerprint density at radius 1 is 1.34 bits per heavy atom. The lowest BCUT2D eigenvalue weighted by molar-refractivity contribution is 0.151. The van der Waals surface area contributed by atoms with Crippen molar-refractivity contribution in [3.8, 4) is 0 Å². The predicted molar refractivity (Wildman–Crippen MR) is 110 cm³/mol. The van der Waals surface area contributed by atoms with Gasteiger partial charge in [0.1, 0.15) is 12.0 Å². The average molecular weight is 405 g/mol. The molecule has 0 saturated carbocycles. The number of nitrogens with two attached hydrogens (primary N) is 1. The van der Waals surface area contributed by atoms with Crippen molar-refractivity contribution < 1.29 is 18.3 Å². The lowest BCUT2D eigenvalue weighted by Gasteiger charge is -2.18. The molecule has 154 valence electrons. The van der Waals surface area contributed by atoms with E-state index in [0.29, 0.717) is 30.0 Å². The SMILES string of the molecule is CN=CC(=CN)c1cc(F)c(Nc2cccc3c2NCCC(O)N3)cc1C(F)F. The molecule has 0 aromatic heterocycles. The van der Waals surface area contributed by atoms with Gasteiger partial charge in [0.15, 0.2) is 0 Å². The van der Waals surface area contributed by atoms with Crippen molar-refractivity contribution in [2.75, 3.05) is 29.5 Å². The zero-order valence-electron chi connectivity index (χ0n) is 15.7. The maximum absolute atomic E-state index is 14.8. The van der Waals surface area contributed by atoms with Crippen molar-refractivity contribution in [3.63, 3.8) is 0 Å². The number of hydrogen-bond acceptors (Lipinski definition) is 6. The topological polar surface area (TPSA) is 94.7 Å². The summed E-state index contributed by atoms with van der Waals surface area (Å²) < 4.78 is 42.1. The van der Waals surface area contributed by atoms with Crippen LogP contribution in [0.5, 0.6) is 0 Å². The summed E-state index contributed by atoms with van der Waals surface area (Å²) in [5.74, 6) is -0.715. The van der Waals surface area contributed by atoms with Crippen molar-refractivity contribution in [1.82, 2.24) is 0 Å². The molecule has 1 atom stereocenters. The van der Waals surface area contributed by atoms with Crippen LogP contribution in [0.25, 0.3) is 5.57 Å². The quantitative estimate of drug-likeness (QED) is 0.484. The maximum atomic E-state index is 14.8. The number of aliphatic hydroxyl groups is 1. The summed E-state index contributed by atoms with van der Waals surface area (Å²) >= 11 is 0. The van der Waals surface area contributed by atoms with E-state index >= 15 is 0 Å². The summed E-state index contributed by atoms with van der Waals surface area (Å²) in [6.45, 7) is 0.491. The first kappa shape index (κ1) is 20.5. The molecule has 6 nitrogen and oxygen atoms in total. The van der Waals surface area contributed by atoms with Gasteiger partial charge in [-0.15, -0.1) is 0 Å². The van der Waals surface area contributed by atoms with Crippen LogP contribution in [0.3, 0.4) is 0 Å². The zero-order chi connectivity index (χ0) is 21.0. The normalized spacial score (nSPS) is 16.9. The lowest BCUT2D eigenvalue weighted by Crippen LogP contribution is -2.18. The van der Waals surface area contributed by atoms with Gasteiger partial charge < -0.3 is 26.8 Å². The van der Waals surface area contributed by atoms with Gasteiger partial charge in [0.05, 0.1) is 22.7 Å². The van der Waals surface area contributed by atoms with Crippen molar-refractivity contribution >= 4 is 34.5 Å². The van der Waals surface area contributed by atoms with Gasteiger partial charge in [-0.2, -0.15) is 0 Å². The molecule has 0 radical (unpaired) electrons. The Kier molecular flexibility index (Phi) is 6.28. The smallest absolute Gasteiger partial charge is 0.264 e. The fraction of sp³-hybridized carbons (Fsp3) is 0.250. The highest BCUT2D eigenvalue weighted by Gasteiger charge is 2.21. The van der Waals surface area contributed by atoms with Gasteiger partial charge in [0.25, 0.3) is 6.43 Å². The summed E-state index contributed by atoms with van der Waals surface area (Å²) in [7, 11) is 1.47. The Morgan fingerprint density at radius 2 is 2.14 bits per heavy atom. The maximum Gasteiger partial charge on any atom is 0.264 e. The number of allylic oxidation sites excluding steroid dienone is 1. The monoisotopic (exact) mass is 405 g/mol. The van der Waals surface area contributed by atoms with E-state index in [2.05, 4.69) is 20.9 Å². The van der Waals surface area contributed by atoms with E-state index in [0.717, 1.165) is 18.3 Å². The number of hydrogen-bond donors (Lipinski definition) is 5. The third-order valence-electron chi connectivity index (χ3n) is 4.51. The number of alkyl halides is 2. The summed E-state index contributed by atoms with van der Waals surface area (Å²) in [5, 5.41) is 18.8. The van der Waals surface area contributed by atoms with Crippen LogP contribution in [0.1, 0.15) is 24.0 Å². The molecule has 1 aliphatic rings. The molecule has 2 aromatic rings. The van der Waals surface area contributed by atoms with Gasteiger partial charge in [0, 0.05) is 43.6 Å². The average Bonchev–Trinajstić information content (AvgIpc) is 2.88. The van der Waals surface area contributed by atoms with E-state index in [9.17, 15) is 18.3 Å². The van der Waals surface area contributed by atoms with E-state index in [1.54, 1.807) is 18.2 Å². The van der Waals surface area contributed by atoms with Crippen LogP contribution in [0.4, 0.5) is 35.9 Å². The van der Waals surface area contributed by atoms with Gasteiger partial charge in [-0.25, -0.2) is 13.2 Å². The zero-order valence-corrected chi connectivity index (χ0v) is 15.7. The molecule has 1 aliphatic heterocycles. The predicted octanol–water partition coefficient (Wildman–Crippen LogP) is 4.05. The first-order chi connectivity index (χ1) is 13.9. The minimum Gasteiger partial charge on any atom is -0.404 e. The van der Waals surface area contributed by atoms with E-state index in [4.69, 9.17) is 5.73 Å². The van der Waals surface area contributed by atoms with Gasteiger partial charge in [0.2, 0.25) is 0 Å². The molecule has 2 aromatic carbocycles. The van der Waals surface area contributed by atoms with Crippen molar-refractivity contribution in [1.29, 1.82) is 0 Å². The summed E-state index contributed by atoms with van der Waals surface area (Å²) in [6, 6.07) is 7.24. The van der Waals surface area contributed by atoms with E-state index in [1.807, 2.05) is 0 Å². The number of aliphatic imine (C=N–C) groups is 1. The Morgan fingerprint density at radius 3 is 2.83 bits per heavy atom. The van der Waals surface area contributed by atoms with E-state index in [-0.39, 0.29) is 22.4 Å². The Bertz CT molecular complexity index is 946. The molecule has 0 fully saturated rings. The minimum atomic E-state index is -2.84. The molecular formula is C20H22F3N5O. The number of anilines is 4. The Balaban J connectivity index is 2.03. The van der Waals surface area contributed by atoms with Crippen LogP contribution in [0.2, 0.25) is 0 Å². The molecule has 0 saturated heterocycles. The van der Waals surface area contributed by atoms with E-state index < -0.39 is 18.5 Å². The first-order valence-electron chi connectivity index (χ1n) is 8.99. The van der Waals surface area contributed by atoms with Crippen molar-refractivity contribution in [2.45, 2.75) is 19.1 Å². The van der Waals surface area contributed by atoms with Crippen LogP contribution < -0.4 is 21.7 Å². The van der Waals surface area contributed by atoms with Gasteiger partial charge in [-0.1, -0.05) is 6.07 Å². The van der Waals surface area contributed by atoms with E-state index in [1.165, 1.54) is 13.3 Å². The molecule has 0 amide bonds. The summed E-state index contributed by atoms with van der Waals surface area (Å²) in [4.78, 5) is 3.77. The summed E-state index contributed by atoms with van der Waals surface area (Å²) in [6.07, 6.45) is -0.680. The van der Waals surface area contributed by atoms with Gasteiger partial charge >= 0.3 is 0 Å². The first-order valence-corrected chi connectivity index (χ1v) is 8.99. The number of rotatable bonds is 5. The molecule has 0 spiro atoms. The largest absolute Gasteiger partial charge is 0.404 e. The molecule has 29 heavy (non-hydrogen) atoms. The second kappa shape index (κ2) is 8.87. The fourth-order valence-corrected chi connectivity index (χ4v) is 3.16. The lowest BCUT2D eigenvalue weighted by atomic mass is 9.99. The number of benzene rings is 2. The molecule has 9 heteroatoms. The number of aliphatic hydroxyl groups excluding tert-OH is 1. The number of para-hydroxylation sites is 1. The third-order valence-corrected chi connectivity index (χ3v) is 4.51. The van der Waals surface area contributed by atoms with Crippen LogP contribution in [0, 0.1) is 5.82 Å². The van der Waals surface area contributed by atoms with Gasteiger partial charge in [-0.05, 0) is 29.8 Å². The van der Waals surface area contributed by atoms with Crippen LogP contribution >= 0.6 is 0 Å². The van der Waals surface area contributed by atoms with Crippen LogP contribution in [-0.2, 0) is 0 Å². The fourth-order valence-electron chi connectivity index (χ4n) is 3.16. The molecule has 1 heterocycles. The van der Waals surface area contributed by atoms with Crippen molar-refractivity contribution in [3.05, 3.63) is 53.5 Å². The van der Waals surface area contributed by atoms with Crippen LogP contribution in [0.15, 0.2) is 41.5 Å². The minimum absolute atomic E-state index is 0.0223. The Hall–Kier alpha value is -3.20. The molecule has 6 N–H and O–H groups in total. The molecule has 1 unspecified atom stereocenters. The van der Waals surface area contributed by atoms with Crippen molar-refractivity contribution in [2.24, 2.45) is 10.7 Å². The van der Waals surface area contributed by atoms with Gasteiger partial charge in [-0.3, -0.25) is 4.99 Å². The molecule has 0 bridgehead atoms. The van der Waals surface area contributed by atoms with Crippen LogP contribution in [-0.4, -0.2) is 31.1 Å². The number of nitrogens with one attached hydrogen (secondary N) is 3. The highest BCUT2D eigenvalue weighted by Crippen LogP contribution is 2.37. The number of nitrogens with zero attached hydrogens (tertiary/aromatic N) is 1. The molecule has 3 rings (SSSR count). The number of halogens is 3. The highest BCUT2D eigenvalue weighted by atomic mass is 19.3. The highest BCUT2D eigenvalue weighted by molar-refractivity contribution is 6.10. The summed E-state index contributed by atoms with van der Waals surface area (Å²) in [5.41, 5.74) is 6.93.